The molecule has 0 radical (unpaired) electrons. The zero-order valence-corrected chi connectivity index (χ0v) is 12.7. The van der Waals surface area contributed by atoms with Gasteiger partial charge in [0, 0.05) is 33.4 Å². The number of nitrogens with two attached hydrogens (primary N) is 1. The lowest BCUT2D eigenvalue weighted by Crippen LogP contribution is -2.43. The summed E-state index contributed by atoms with van der Waals surface area (Å²) in [5.74, 6) is 0. The van der Waals surface area contributed by atoms with Crippen LogP contribution in [0, 0.1) is 0 Å². The van der Waals surface area contributed by atoms with Gasteiger partial charge in [0.15, 0.2) is 4.90 Å². The quantitative estimate of drug-likeness (QED) is 0.684. The smallest absolute Gasteiger partial charge is 0.330 e. The van der Waals surface area contributed by atoms with Gasteiger partial charge in [0.05, 0.1) is 0 Å². The van der Waals surface area contributed by atoms with Crippen molar-refractivity contribution in [3.8, 4) is 0 Å². The van der Waals surface area contributed by atoms with Gasteiger partial charge >= 0.3 is 5.69 Å². The molecular formula is C11H20N4O4S. The Hall–Kier alpha value is -1.45. The summed E-state index contributed by atoms with van der Waals surface area (Å²) < 4.78 is 28.0. The van der Waals surface area contributed by atoms with Crippen molar-refractivity contribution in [3.05, 3.63) is 27.0 Å². The van der Waals surface area contributed by atoms with E-state index in [9.17, 15) is 18.0 Å². The lowest BCUT2D eigenvalue weighted by Gasteiger charge is -2.20. The molecule has 0 unspecified atom stereocenters. The van der Waals surface area contributed by atoms with E-state index in [1.54, 1.807) is 6.92 Å². The first-order chi connectivity index (χ1) is 9.27. The minimum Gasteiger partial charge on any atom is -0.330 e. The highest BCUT2D eigenvalue weighted by Gasteiger charge is 2.27. The molecule has 0 fully saturated rings. The fourth-order valence-corrected chi connectivity index (χ4v) is 3.44. The van der Waals surface area contributed by atoms with Gasteiger partial charge in [0.1, 0.15) is 0 Å². The van der Waals surface area contributed by atoms with Crippen LogP contribution in [0.1, 0.15) is 13.3 Å². The minimum absolute atomic E-state index is 0.230. The first-order valence-corrected chi connectivity index (χ1v) is 7.68. The Morgan fingerprint density at radius 2 is 1.90 bits per heavy atom. The Labute approximate surface area is 117 Å². The molecule has 0 bridgehead atoms. The van der Waals surface area contributed by atoms with Gasteiger partial charge in [-0.2, -0.15) is 4.31 Å². The Balaban J connectivity index is 3.43. The Morgan fingerprint density at radius 1 is 1.30 bits per heavy atom. The number of sulfonamides is 1. The number of aromatic nitrogens is 2. The van der Waals surface area contributed by atoms with Gasteiger partial charge in [-0.25, -0.2) is 13.2 Å². The van der Waals surface area contributed by atoms with Crippen LogP contribution in [0.3, 0.4) is 0 Å². The number of aryl methyl sites for hydroxylation is 1. The average molecular weight is 304 g/mol. The predicted molar refractivity (Wildman–Crippen MR) is 75.0 cm³/mol. The third-order valence-corrected chi connectivity index (χ3v) is 4.95. The van der Waals surface area contributed by atoms with Crippen LogP contribution >= 0.6 is 0 Å². The molecule has 8 nitrogen and oxygen atoms in total. The molecule has 0 saturated carbocycles. The maximum absolute atomic E-state index is 12.5. The molecule has 20 heavy (non-hydrogen) atoms. The van der Waals surface area contributed by atoms with E-state index in [4.69, 9.17) is 5.73 Å². The maximum atomic E-state index is 12.5. The van der Waals surface area contributed by atoms with Crippen molar-refractivity contribution >= 4 is 10.0 Å². The van der Waals surface area contributed by atoms with Crippen LogP contribution < -0.4 is 17.0 Å². The summed E-state index contributed by atoms with van der Waals surface area (Å²) in [7, 11) is -1.28. The summed E-state index contributed by atoms with van der Waals surface area (Å²) in [5, 5.41) is 0. The molecule has 0 aromatic carbocycles. The fraction of sp³-hybridized carbons (Fsp3) is 0.636. The SMILES string of the molecule is CCN(CCCN)S(=O)(=O)c1cn(C)c(=O)n(C)c1=O. The lowest BCUT2D eigenvalue weighted by atomic mass is 10.4. The highest BCUT2D eigenvalue weighted by molar-refractivity contribution is 7.89. The fourth-order valence-electron chi connectivity index (χ4n) is 1.81. The van der Waals surface area contributed by atoms with E-state index in [1.807, 2.05) is 0 Å². The summed E-state index contributed by atoms with van der Waals surface area (Å²) in [6.45, 7) is 2.51. The van der Waals surface area contributed by atoms with Gasteiger partial charge in [-0.15, -0.1) is 0 Å². The van der Waals surface area contributed by atoms with E-state index in [2.05, 4.69) is 0 Å². The minimum atomic E-state index is -3.93. The van der Waals surface area contributed by atoms with Gasteiger partial charge < -0.3 is 10.3 Å². The molecule has 0 aliphatic rings. The number of hydrogen-bond acceptors (Lipinski definition) is 5. The largest absolute Gasteiger partial charge is 0.330 e. The van der Waals surface area contributed by atoms with Gasteiger partial charge in [-0.05, 0) is 13.0 Å². The van der Waals surface area contributed by atoms with E-state index in [1.165, 1.54) is 18.4 Å². The molecular weight excluding hydrogens is 284 g/mol. The normalized spacial score (nSPS) is 12.1. The zero-order valence-electron chi connectivity index (χ0n) is 11.9. The number of nitrogens with zero attached hydrogens (tertiary/aromatic N) is 3. The van der Waals surface area contributed by atoms with Gasteiger partial charge in [-0.3, -0.25) is 9.36 Å². The monoisotopic (exact) mass is 304 g/mol. The molecule has 2 N–H and O–H groups in total. The topological polar surface area (TPSA) is 107 Å². The van der Waals surface area contributed by atoms with Gasteiger partial charge in [-0.1, -0.05) is 6.92 Å². The first kappa shape index (κ1) is 16.6. The molecule has 114 valence electrons. The van der Waals surface area contributed by atoms with Crippen molar-refractivity contribution in [1.82, 2.24) is 13.4 Å². The molecule has 0 amide bonds. The molecule has 9 heteroatoms. The molecule has 0 aliphatic heterocycles. The molecule has 1 aromatic rings. The Kier molecular flexibility index (Phi) is 5.26. The van der Waals surface area contributed by atoms with Crippen molar-refractivity contribution in [1.29, 1.82) is 0 Å². The van der Waals surface area contributed by atoms with E-state index < -0.39 is 26.2 Å². The zero-order chi connectivity index (χ0) is 15.5. The predicted octanol–water partition coefficient (Wildman–Crippen LogP) is -1.56. The second-order valence-electron chi connectivity index (χ2n) is 4.39. The van der Waals surface area contributed by atoms with E-state index >= 15 is 0 Å². The third kappa shape index (κ3) is 3.00. The molecule has 0 saturated heterocycles. The van der Waals surface area contributed by atoms with E-state index in [-0.39, 0.29) is 13.1 Å². The van der Waals surface area contributed by atoms with Crippen molar-refractivity contribution in [2.75, 3.05) is 19.6 Å². The first-order valence-electron chi connectivity index (χ1n) is 6.24. The van der Waals surface area contributed by atoms with E-state index in [0.717, 1.165) is 15.3 Å². The average Bonchev–Trinajstić information content (AvgIpc) is 2.41. The van der Waals surface area contributed by atoms with Gasteiger partial charge in [0.2, 0.25) is 10.0 Å². The second-order valence-corrected chi connectivity index (χ2v) is 6.30. The third-order valence-electron chi connectivity index (χ3n) is 3.00. The van der Waals surface area contributed by atoms with Crippen LogP contribution in [0.4, 0.5) is 0 Å². The summed E-state index contributed by atoms with van der Waals surface area (Å²) >= 11 is 0. The van der Waals surface area contributed by atoms with Crippen LogP contribution in [0.15, 0.2) is 20.7 Å². The summed E-state index contributed by atoms with van der Waals surface area (Å²) in [5.41, 5.74) is 3.99. The van der Waals surface area contributed by atoms with Crippen molar-refractivity contribution in [2.24, 2.45) is 19.8 Å². The van der Waals surface area contributed by atoms with Crippen LogP contribution in [0.25, 0.3) is 0 Å². The molecule has 1 aromatic heterocycles. The molecule has 0 aliphatic carbocycles. The van der Waals surface area contributed by atoms with Crippen LogP contribution in [0.5, 0.6) is 0 Å². The summed E-state index contributed by atoms with van der Waals surface area (Å²) in [6, 6.07) is 0. The maximum Gasteiger partial charge on any atom is 0.330 e. The van der Waals surface area contributed by atoms with Gasteiger partial charge in [0.25, 0.3) is 5.56 Å². The second kappa shape index (κ2) is 6.33. The highest BCUT2D eigenvalue weighted by atomic mass is 32.2. The Morgan fingerprint density at radius 3 is 2.40 bits per heavy atom. The number of rotatable bonds is 6. The van der Waals surface area contributed by atoms with Crippen molar-refractivity contribution < 1.29 is 8.42 Å². The Bertz CT molecular complexity index is 689. The molecule has 0 atom stereocenters. The molecule has 0 spiro atoms. The standard InChI is InChI=1S/C11H20N4O4S/c1-4-15(7-5-6-12)20(18,19)9-8-13(2)11(17)14(3)10(9)16/h8H,4-7,12H2,1-3H3. The van der Waals surface area contributed by atoms with Crippen molar-refractivity contribution in [3.63, 3.8) is 0 Å². The van der Waals surface area contributed by atoms with Crippen LogP contribution in [-0.4, -0.2) is 41.5 Å². The number of hydrogen-bond donors (Lipinski definition) is 1. The summed E-state index contributed by atoms with van der Waals surface area (Å²) in [4.78, 5) is 23.2. The van der Waals surface area contributed by atoms with Crippen LogP contribution in [0.2, 0.25) is 0 Å². The lowest BCUT2D eigenvalue weighted by molar-refractivity contribution is 0.420. The van der Waals surface area contributed by atoms with E-state index in [0.29, 0.717) is 13.0 Å². The summed E-state index contributed by atoms with van der Waals surface area (Å²) in [6.07, 6.45) is 1.56. The van der Waals surface area contributed by atoms with Crippen molar-refractivity contribution in [2.45, 2.75) is 18.2 Å². The highest BCUT2D eigenvalue weighted by Crippen LogP contribution is 2.10. The molecule has 1 heterocycles. The van der Waals surface area contributed by atoms with Crippen LogP contribution in [-0.2, 0) is 24.1 Å². The molecule has 1 rings (SSSR count).